The van der Waals surface area contributed by atoms with Crippen LogP contribution in [0.4, 0.5) is 5.69 Å². The van der Waals surface area contributed by atoms with Gasteiger partial charge < -0.3 is 5.32 Å². The Morgan fingerprint density at radius 1 is 1.23 bits per heavy atom. The van der Waals surface area contributed by atoms with Gasteiger partial charge in [0.1, 0.15) is 5.01 Å². The van der Waals surface area contributed by atoms with Gasteiger partial charge in [0.2, 0.25) is 5.91 Å². The van der Waals surface area contributed by atoms with Crippen LogP contribution < -0.4 is 5.32 Å². The van der Waals surface area contributed by atoms with Gasteiger partial charge in [-0.15, -0.1) is 22.7 Å². The molecule has 2 aromatic heterocycles. The average Bonchev–Trinajstić information content (AvgIpc) is 3.13. The van der Waals surface area contributed by atoms with E-state index in [1.807, 2.05) is 22.9 Å². The highest BCUT2D eigenvalue weighted by Crippen LogP contribution is 2.28. The topological polar surface area (TPSA) is 42.0 Å². The van der Waals surface area contributed by atoms with Gasteiger partial charge in [-0.25, -0.2) is 4.98 Å². The van der Waals surface area contributed by atoms with Crippen LogP contribution in [0.15, 0.2) is 41.1 Å². The van der Waals surface area contributed by atoms with Crippen LogP contribution in [0.5, 0.6) is 0 Å². The quantitative estimate of drug-likeness (QED) is 0.673. The fraction of sp³-hybridized carbons (Fsp3) is 0.0667. The van der Waals surface area contributed by atoms with E-state index >= 15 is 0 Å². The Bertz CT molecular complexity index is 800. The minimum Gasteiger partial charge on any atom is -0.324 e. The molecule has 3 rings (SSSR count). The molecular weight excluding hydrogens is 359 g/mol. The molecule has 1 N–H and O–H groups in total. The van der Waals surface area contributed by atoms with Gasteiger partial charge in [-0.2, -0.15) is 0 Å². The second kappa shape index (κ2) is 6.79. The molecule has 0 aliphatic carbocycles. The number of thiazole rings is 1. The second-order valence-corrected chi connectivity index (χ2v) is 7.12. The molecule has 0 atom stereocenters. The Balaban J connectivity index is 1.68. The fourth-order valence-corrected chi connectivity index (χ4v) is 3.82. The first-order valence-corrected chi connectivity index (χ1v) is 8.86. The first-order valence-electron chi connectivity index (χ1n) is 6.35. The summed E-state index contributed by atoms with van der Waals surface area (Å²) in [4.78, 5) is 17.7. The van der Waals surface area contributed by atoms with Gasteiger partial charge in [-0.05, 0) is 29.6 Å². The van der Waals surface area contributed by atoms with Crippen molar-refractivity contribution in [3.05, 3.63) is 56.8 Å². The molecule has 0 fully saturated rings. The van der Waals surface area contributed by atoms with Crippen molar-refractivity contribution in [3.8, 4) is 9.88 Å². The number of carbonyl (C=O) groups excluding carboxylic acids is 1. The summed E-state index contributed by atoms with van der Waals surface area (Å²) in [7, 11) is 0. The lowest BCUT2D eigenvalue weighted by Gasteiger charge is -2.06. The normalized spacial score (nSPS) is 10.6. The molecule has 0 bridgehead atoms. The zero-order chi connectivity index (χ0) is 15.5. The van der Waals surface area contributed by atoms with Crippen LogP contribution >= 0.6 is 45.9 Å². The lowest BCUT2D eigenvalue weighted by atomic mass is 10.3. The van der Waals surface area contributed by atoms with Crippen molar-refractivity contribution in [2.45, 2.75) is 6.42 Å². The van der Waals surface area contributed by atoms with Gasteiger partial charge >= 0.3 is 0 Å². The van der Waals surface area contributed by atoms with Crippen molar-refractivity contribution in [2.24, 2.45) is 0 Å². The molecule has 0 saturated carbocycles. The number of anilines is 1. The monoisotopic (exact) mass is 368 g/mol. The summed E-state index contributed by atoms with van der Waals surface area (Å²) in [5.41, 5.74) is 1.25. The van der Waals surface area contributed by atoms with Crippen LogP contribution in [0.1, 0.15) is 5.69 Å². The zero-order valence-electron chi connectivity index (χ0n) is 11.2. The highest BCUT2D eigenvalue weighted by Gasteiger charge is 2.11. The Morgan fingerprint density at radius 2 is 2.09 bits per heavy atom. The van der Waals surface area contributed by atoms with Crippen molar-refractivity contribution in [1.82, 2.24) is 4.98 Å². The molecule has 3 aromatic rings. The number of amides is 1. The molecule has 0 aliphatic heterocycles. The summed E-state index contributed by atoms with van der Waals surface area (Å²) >= 11 is 15.1. The molecule has 112 valence electrons. The Morgan fingerprint density at radius 3 is 2.86 bits per heavy atom. The van der Waals surface area contributed by atoms with Crippen LogP contribution in [-0.4, -0.2) is 10.9 Å². The van der Waals surface area contributed by atoms with Gasteiger partial charge in [0.15, 0.2) is 0 Å². The molecule has 0 radical (unpaired) electrons. The predicted molar refractivity (Wildman–Crippen MR) is 94.2 cm³/mol. The molecule has 0 aliphatic rings. The number of nitrogens with zero attached hydrogens (tertiary/aromatic N) is 1. The molecule has 1 aromatic carbocycles. The summed E-state index contributed by atoms with van der Waals surface area (Å²) in [6.45, 7) is 0. The lowest BCUT2D eigenvalue weighted by molar-refractivity contribution is -0.115. The van der Waals surface area contributed by atoms with E-state index in [4.69, 9.17) is 23.2 Å². The zero-order valence-corrected chi connectivity index (χ0v) is 14.3. The molecule has 2 heterocycles. The number of rotatable bonds is 4. The van der Waals surface area contributed by atoms with Gasteiger partial charge in [0.05, 0.1) is 27.7 Å². The summed E-state index contributed by atoms with van der Waals surface area (Å²) in [5.74, 6) is -0.174. The molecule has 1 amide bonds. The third-order valence-corrected chi connectivity index (χ3v) is 5.32. The number of aromatic nitrogens is 1. The SMILES string of the molecule is O=C(Cc1csc(-c2cccs2)n1)Nc1cc(Cl)ccc1Cl. The van der Waals surface area contributed by atoms with E-state index in [0.29, 0.717) is 15.7 Å². The van der Waals surface area contributed by atoms with Gasteiger partial charge in [0, 0.05) is 10.4 Å². The van der Waals surface area contributed by atoms with Gasteiger partial charge in [-0.1, -0.05) is 29.3 Å². The summed E-state index contributed by atoms with van der Waals surface area (Å²) in [6.07, 6.45) is 0.199. The maximum atomic E-state index is 12.1. The molecule has 7 heteroatoms. The third-order valence-electron chi connectivity index (χ3n) is 2.83. The minimum atomic E-state index is -0.174. The van der Waals surface area contributed by atoms with Crippen LogP contribution in [0, 0.1) is 0 Å². The first kappa shape index (κ1) is 15.5. The average molecular weight is 369 g/mol. The van der Waals surface area contributed by atoms with Crippen LogP contribution in [0.25, 0.3) is 9.88 Å². The van der Waals surface area contributed by atoms with Crippen molar-refractivity contribution >= 4 is 57.5 Å². The second-order valence-electron chi connectivity index (χ2n) is 4.47. The largest absolute Gasteiger partial charge is 0.324 e. The third kappa shape index (κ3) is 3.67. The number of nitrogens with one attached hydrogen (secondary N) is 1. The highest BCUT2D eigenvalue weighted by atomic mass is 35.5. The maximum absolute atomic E-state index is 12.1. The molecule has 22 heavy (non-hydrogen) atoms. The Kier molecular flexibility index (Phi) is 4.78. The number of halogens is 2. The minimum absolute atomic E-state index is 0.174. The summed E-state index contributed by atoms with van der Waals surface area (Å²) in [6, 6.07) is 8.94. The number of benzene rings is 1. The maximum Gasteiger partial charge on any atom is 0.230 e. The van der Waals surface area contributed by atoms with Crippen molar-refractivity contribution < 1.29 is 4.79 Å². The fourth-order valence-electron chi connectivity index (χ4n) is 1.85. The first-order chi connectivity index (χ1) is 10.6. The molecule has 0 saturated heterocycles. The number of thiophene rings is 1. The number of hydrogen-bond acceptors (Lipinski definition) is 4. The predicted octanol–water partition coefficient (Wildman–Crippen LogP) is 5.36. The van der Waals surface area contributed by atoms with Crippen LogP contribution in [-0.2, 0) is 11.2 Å². The van der Waals surface area contributed by atoms with E-state index < -0.39 is 0 Å². The van der Waals surface area contributed by atoms with Crippen molar-refractivity contribution in [1.29, 1.82) is 0 Å². The number of carbonyl (C=O) groups is 1. The van der Waals surface area contributed by atoms with E-state index in [1.54, 1.807) is 29.5 Å². The van der Waals surface area contributed by atoms with Gasteiger partial charge in [0.25, 0.3) is 0 Å². The van der Waals surface area contributed by atoms with E-state index in [1.165, 1.54) is 11.3 Å². The Labute approximate surface area is 145 Å². The van der Waals surface area contributed by atoms with Crippen molar-refractivity contribution in [3.63, 3.8) is 0 Å². The van der Waals surface area contributed by atoms with Crippen molar-refractivity contribution in [2.75, 3.05) is 5.32 Å². The smallest absolute Gasteiger partial charge is 0.230 e. The Hall–Kier alpha value is -1.40. The summed E-state index contributed by atoms with van der Waals surface area (Å²) < 4.78 is 0. The molecular formula is C15H10Cl2N2OS2. The molecule has 3 nitrogen and oxygen atoms in total. The molecule has 0 spiro atoms. The van der Waals surface area contributed by atoms with Gasteiger partial charge in [-0.3, -0.25) is 4.79 Å². The van der Waals surface area contributed by atoms with Crippen LogP contribution in [0.2, 0.25) is 10.0 Å². The standard InChI is InChI=1S/C15H10Cl2N2OS2/c16-9-3-4-11(17)12(6-9)19-14(20)7-10-8-22-15(18-10)13-2-1-5-21-13/h1-6,8H,7H2,(H,19,20). The highest BCUT2D eigenvalue weighted by molar-refractivity contribution is 7.20. The van der Waals surface area contributed by atoms with E-state index in [2.05, 4.69) is 10.3 Å². The number of hydrogen-bond donors (Lipinski definition) is 1. The van der Waals surface area contributed by atoms with E-state index in [9.17, 15) is 4.79 Å². The van der Waals surface area contributed by atoms with E-state index in [-0.39, 0.29) is 12.3 Å². The molecule has 0 unspecified atom stereocenters. The van der Waals surface area contributed by atoms with Crippen LogP contribution in [0.3, 0.4) is 0 Å². The summed E-state index contributed by atoms with van der Waals surface area (Å²) in [5, 5.41) is 8.56. The lowest BCUT2D eigenvalue weighted by Crippen LogP contribution is -2.14. The van der Waals surface area contributed by atoms with E-state index in [0.717, 1.165) is 15.6 Å².